The number of halogens is 4. The molecular weight excluding hydrogens is 401 g/mol. The molecule has 156 valence electrons. The molecule has 28 heavy (non-hydrogen) atoms. The molecule has 0 saturated carbocycles. The van der Waals surface area contributed by atoms with E-state index in [0.29, 0.717) is 36.8 Å². The largest absolute Gasteiger partial charge is 0.468 e. The lowest BCUT2D eigenvalue weighted by atomic mass is 10.0. The number of nitrogens with zero attached hydrogens (tertiary/aromatic N) is 2. The van der Waals surface area contributed by atoms with E-state index in [2.05, 4.69) is 4.74 Å². The lowest BCUT2D eigenvalue weighted by Gasteiger charge is -2.38. The van der Waals surface area contributed by atoms with Crippen molar-refractivity contribution in [2.45, 2.75) is 18.6 Å². The van der Waals surface area contributed by atoms with Crippen molar-refractivity contribution in [2.24, 2.45) is 0 Å². The zero-order chi connectivity index (χ0) is 20.7. The summed E-state index contributed by atoms with van der Waals surface area (Å²) in [6.07, 6.45) is -4.53. The van der Waals surface area contributed by atoms with Crippen LogP contribution < -0.4 is 0 Å². The number of alkyl halides is 3. The molecule has 10 heteroatoms. The summed E-state index contributed by atoms with van der Waals surface area (Å²) in [5.74, 6) is -0.734. The van der Waals surface area contributed by atoms with Crippen molar-refractivity contribution >= 4 is 23.5 Å². The minimum Gasteiger partial charge on any atom is -0.468 e. The standard InChI is InChI=1S/C18H22ClF3N2O4/c1-27-17(26)16(13-4-2-3-5-14(13)19)24-9-7-23(8-10-24)15(25)6-11-28-12-18(20,21)22/h2-5,16H,6-12H2,1H3. The lowest BCUT2D eigenvalue weighted by molar-refractivity contribution is -0.175. The van der Waals surface area contributed by atoms with Crippen molar-refractivity contribution in [2.75, 3.05) is 46.5 Å². The lowest BCUT2D eigenvalue weighted by Crippen LogP contribution is -2.51. The summed E-state index contributed by atoms with van der Waals surface area (Å²) in [5.41, 5.74) is 0.622. The summed E-state index contributed by atoms with van der Waals surface area (Å²) in [6, 6.07) is 6.29. The normalized spacial score (nSPS) is 16.7. The molecule has 6 nitrogen and oxygen atoms in total. The first-order chi connectivity index (χ1) is 13.2. The fourth-order valence-corrected chi connectivity index (χ4v) is 3.26. The topological polar surface area (TPSA) is 59.1 Å². The average molecular weight is 423 g/mol. The zero-order valence-electron chi connectivity index (χ0n) is 15.4. The Hall–Kier alpha value is -1.84. The van der Waals surface area contributed by atoms with Gasteiger partial charge in [0.2, 0.25) is 5.91 Å². The van der Waals surface area contributed by atoms with E-state index in [9.17, 15) is 22.8 Å². The van der Waals surface area contributed by atoms with E-state index in [1.165, 1.54) is 7.11 Å². The Bertz CT molecular complexity index is 679. The molecule has 1 atom stereocenters. The van der Waals surface area contributed by atoms with Gasteiger partial charge in [-0.2, -0.15) is 13.2 Å². The number of methoxy groups -OCH3 is 1. The highest BCUT2D eigenvalue weighted by molar-refractivity contribution is 6.31. The van der Waals surface area contributed by atoms with Crippen LogP contribution in [0.15, 0.2) is 24.3 Å². The third-order valence-electron chi connectivity index (χ3n) is 4.38. The molecule has 0 radical (unpaired) electrons. The van der Waals surface area contributed by atoms with E-state index in [-0.39, 0.29) is 18.9 Å². The monoisotopic (exact) mass is 422 g/mol. The molecule has 1 unspecified atom stereocenters. The summed E-state index contributed by atoms with van der Waals surface area (Å²) in [6.45, 7) is -0.165. The van der Waals surface area contributed by atoms with Gasteiger partial charge in [-0.05, 0) is 11.6 Å². The van der Waals surface area contributed by atoms with Gasteiger partial charge in [0.05, 0.1) is 20.1 Å². The molecule has 1 aliphatic rings. The van der Waals surface area contributed by atoms with Gasteiger partial charge in [-0.15, -0.1) is 0 Å². The van der Waals surface area contributed by atoms with Gasteiger partial charge >= 0.3 is 12.1 Å². The Morgan fingerprint density at radius 3 is 2.39 bits per heavy atom. The van der Waals surface area contributed by atoms with Gasteiger partial charge in [0.15, 0.2) is 0 Å². The van der Waals surface area contributed by atoms with E-state index in [1.807, 2.05) is 4.90 Å². The number of piperazine rings is 1. The fourth-order valence-electron chi connectivity index (χ4n) is 3.02. The Morgan fingerprint density at radius 1 is 1.18 bits per heavy atom. The van der Waals surface area contributed by atoms with E-state index in [0.717, 1.165) is 0 Å². The Labute approximate surface area is 166 Å². The van der Waals surface area contributed by atoms with Gasteiger partial charge < -0.3 is 14.4 Å². The second kappa shape index (κ2) is 10.1. The molecule has 0 spiro atoms. The highest BCUT2D eigenvalue weighted by Gasteiger charge is 2.33. The molecule has 1 aromatic rings. The van der Waals surface area contributed by atoms with Crippen LogP contribution in [0.3, 0.4) is 0 Å². The molecule has 0 aliphatic carbocycles. The van der Waals surface area contributed by atoms with Gasteiger partial charge in [0.25, 0.3) is 0 Å². The first-order valence-electron chi connectivity index (χ1n) is 8.71. The number of hydrogen-bond donors (Lipinski definition) is 0. The highest BCUT2D eigenvalue weighted by atomic mass is 35.5. The fraction of sp³-hybridized carbons (Fsp3) is 0.556. The van der Waals surface area contributed by atoms with Crippen LogP contribution in [0.1, 0.15) is 18.0 Å². The summed E-state index contributed by atoms with van der Waals surface area (Å²) in [4.78, 5) is 27.9. The van der Waals surface area contributed by atoms with Crippen LogP contribution >= 0.6 is 11.6 Å². The SMILES string of the molecule is COC(=O)C(c1ccccc1Cl)N1CCN(C(=O)CCOCC(F)(F)F)CC1. The first kappa shape index (κ1) is 22.4. The molecule has 1 aromatic carbocycles. The maximum atomic E-state index is 12.3. The highest BCUT2D eigenvalue weighted by Crippen LogP contribution is 2.29. The second-order valence-corrected chi connectivity index (χ2v) is 6.69. The van der Waals surface area contributed by atoms with Crippen molar-refractivity contribution in [1.29, 1.82) is 0 Å². The molecule has 0 bridgehead atoms. The number of esters is 1. The summed E-state index contributed by atoms with van der Waals surface area (Å²) in [7, 11) is 1.30. The molecular formula is C18H22ClF3N2O4. The van der Waals surface area contributed by atoms with Crippen molar-refractivity contribution in [3.8, 4) is 0 Å². The number of hydrogen-bond acceptors (Lipinski definition) is 5. The van der Waals surface area contributed by atoms with Crippen molar-refractivity contribution in [3.63, 3.8) is 0 Å². The minimum atomic E-state index is -4.41. The van der Waals surface area contributed by atoms with E-state index < -0.39 is 24.8 Å². The van der Waals surface area contributed by atoms with Gasteiger partial charge in [-0.25, -0.2) is 4.79 Å². The Kier molecular flexibility index (Phi) is 8.09. The maximum absolute atomic E-state index is 12.3. The second-order valence-electron chi connectivity index (χ2n) is 6.28. The molecule has 1 fully saturated rings. The first-order valence-corrected chi connectivity index (χ1v) is 9.09. The van der Waals surface area contributed by atoms with E-state index >= 15 is 0 Å². The number of rotatable bonds is 7. The van der Waals surface area contributed by atoms with Gasteiger partial charge in [-0.3, -0.25) is 9.69 Å². The van der Waals surface area contributed by atoms with Gasteiger partial charge in [0.1, 0.15) is 12.6 Å². The van der Waals surface area contributed by atoms with Crippen LogP contribution in [0, 0.1) is 0 Å². The third kappa shape index (κ3) is 6.35. The molecule has 1 amide bonds. The third-order valence-corrected chi connectivity index (χ3v) is 4.73. The smallest absolute Gasteiger partial charge is 0.411 e. The van der Waals surface area contributed by atoms with Crippen LogP contribution in [0.25, 0.3) is 0 Å². The maximum Gasteiger partial charge on any atom is 0.411 e. The number of amides is 1. The molecule has 0 aromatic heterocycles. The molecule has 2 rings (SSSR count). The predicted octanol–water partition coefficient (Wildman–Crippen LogP) is 2.67. The summed E-state index contributed by atoms with van der Waals surface area (Å²) < 4.78 is 45.5. The van der Waals surface area contributed by atoms with Crippen LogP contribution in [0.5, 0.6) is 0 Å². The van der Waals surface area contributed by atoms with Crippen LogP contribution in [-0.4, -0.2) is 74.4 Å². The molecule has 1 saturated heterocycles. The van der Waals surface area contributed by atoms with Crippen molar-refractivity contribution in [1.82, 2.24) is 9.80 Å². The quantitative estimate of drug-likeness (QED) is 0.499. The van der Waals surface area contributed by atoms with Crippen molar-refractivity contribution < 1.29 is 32.2 Å². The Balaban J connectivity index is 1.91. The van der Waals surface area contributed by atoms with Crippen molar-refractivity contribution in [3.05, 3.63) is 34.9 Å². The van der Waals surface area contributed by atoms with Crippen LogP contribution in [-0.2, 0) is 19.1 Å². The molecule has 0 N–H and O–H groups in total. The Morgan fingerprint density at radius 2 is 1.82 bits per heavy atom. The number of benzene rings is 1. The van der Waals surface area contributed by atoms with Gasteiger partial charge in [-0.1, -0.05) is 29.8 Å². The van der Waals surface area contributed by atoms with Crippen LogP contribution in [0.2, 0.25) is 5.02 Å². The average Bonchev–Trinajstić information content (AvgIpc) is 2.66. The summed E-state index contributed by atoms with van der Waals surface area (Å²) in [5, 5.41) is 0.443. The molecule has 1 heterocycles. The van der Waals surface area contributed by atoms with Crippen LogP contribution in [0.4, 0.5) is 13.2 Å². The number of carbonyl (C=O) groups excluding carboxylic acids is 2. The van der Waals surface area contributed by atoms with E-state index in [4.69, 9.17) is 16.3 Å². The summed E-state index contributed by atoms with van der Waals surface area (Å²) >= 11 is 6.23. The zero-order valence-corrected chi connectivity index (χ0v) is 16.1. The number of ether oxygens (including phenoxy) is 2. The number of carbonyl (C=O) groups is 2. The molecule has 1 aliphatic heterocycles. The predicted molar refractivity (Wildman–Crippen MR) is 95.9 cm³/mol. The van der Waals surface area contributed by atoms with E-state index in [1.54, 1.807) is 29.2 Å². The van der Waals surface area contributed by atoms with Gasteiger partial charge in [0, 0.05) is 31.2 Å². The minimum absolute atomic E-state index is 0.124.